The minimum atomic E-state index is 0. The van der Waals surface area contributed by atoms with E-state index in [0.717, 1.165) is 39.2 Å². The second-order valence-electron chi connectivity index (χ2n) is 7.40. The van der Waals surface area contributed by atoms with Gasteiger partial charge in [0.05, 0.1) is 6.61 Å². The summed E-state index contributed by atoms with van der Waals surface area (Å²) >= 11 is 0. The van der Waals surface area contributed by atoms with E-state index in [1.165, 1.54) is 25.7 Å². The van der Waals surface area contributed by atoms with Gasteiger partial charge in [-0.25, -0.2) is 0 Å². The van der Waals surface area contributed by atoms with Crippen LogP contribution in [0.25, 0.3) is 0 Å². The minimum Gasteiger partial charge on any atom is -0.383 e. The summed E-state index contributed by atoms with van der Waals surface area (Å²) in [7, 11) is 1.75. The number of fused-ring (bicyclic) bond motifs is 2. The maximum absolute atomic E-state index is 12.6. The summed E-state index contributed by atoms with van der Waals surface area (Å²) in [5.41, 5.74) is 0. The zero-order valence-electron chi connectivity index (χ0n) is 14.9. The number of hydrogen-bond donors (Lipinski definition) is 1. The van der Waals surface area contributed by atoms with Gasteiger partial charge in [0.1, 0.15) is 0 Å². The summed E-state index contributed by atoms with van der Waals surface area (Å²) < 4.78 is 5.17. The smallest absolute Gasteiger partial charge is 0.222 e. The molecular formula is C17H33Cl2N3O2. The zero-order chi connectivity index (χ0) is 15.5. The molecule has 0 spiro atoms. The van der Waals surface area contributed by atoms with E-state index in [1.807, 2.05) is 0 Å². The molecule has 3 heterocycles. The second kappa shape index (κ2) is 10.2. The molecule has 5 nitrogen and oxygen atoms in total. The molecule has 3 fully saturated rings. The first-order valence-corrected chi connectivity index (χ1v) is 8.92. The van der Waals surface area contributed by atoms with Gasteiger partial charge in [-0.15, -0.1) is 24.8 Å². The molecule has 24 heavy (non-hydrogen) atoms. The van der Waals surface area contributed by atoms with Crippen molar-refractivity contribution in [1.29, 1.82) is 0 Å². The van der Waals surface area contributed by atoms with Crippen molar-refractivity contribution in [2.24, 2.45) is 5.92 Å². The lowest BCUT2D eigenvalue weighted by Gasteiger charge is -2.40. The molecular weight excluding hydrogens is 349 g/mol. The molecule has 3 atom stereocenters. The second-order valence-corrected chi connectivity index (χ2v) is 7.40. The molecule has 2 bridgehead atoms. The molecule has 7 heteroatoms. The Balaban J connectivity index is 0.00000144. The summed E-state index contributed by atoms with van der Waals surface area (Å²) in [6.07, 6.45) is 5.78. The predicted octanol–water partition coefficient (Wildman–Crippen LogP) is 1.93. The van der Waals surface area contributed by atoms with Crippen LogP contribution < -0.4 is 5.32 Å². The third-order valence-electron chi connectivity index (χ3n) is 5.73. The molecule has 1 N–H and O–H groups in total. The number of halogens is 2. The molecule has 3 aliphatic rings. The number of rotatable bonds is 5. The molecule has 3 aliphatic heterocycles. The highest BCUT2D eigenvalue weighted by Gasteiger charge is 2.35. The minimum absolute atomic E-state index is 0. The average molecular weight is 382 g/mol. The van der Waals surface area contributed by atoms with Crippen LogP contribution in [0.2, 0.25) is 0 Å². The van der Waals surface area contributed by atoms with Gasteiger partial charge in [-0.05, 0) is 38.5 Å². The Bertz CT molecular complexity index is 388. The number of carbonyl (C=O) groups excluding carboxylic acids is 1. The molecule has 3 saturated heterocycles. The van der Waals surface area contributed by atoms with E-state index in [4.69, 9.17) is 4.74 Å². The number of hydrogen-bond acceptors (Lipinski definition) is 4. The maximum Gasteiger partial charge on any atom is 0.222 e. The third kappa shape index (κ3) is 5.46. The Morgan fingerprint density at radius 3 is 2.42 bits per heavy atom. The fourth-order valence-corrected chi connectivity index (χ4v) is 4.48. The maximum atomic E-state index is 12.6. The summed E-state index contributed by atoms with van der Waals surface area (Å²) in [5, 5.41) is 3.66. The third-order valence-corrected chi connectivity index (χ3v) is 5.73. The predicted molar refractivity (Wildman–Crippen MR) is 101 cm³/mol. The fraction of sp³-hybridized carbons (Fsp3) is 0.941. The molecule has 3 unspecified atom stereocenters. The van der Waals surface area contributed by atoms with E-state index < -0.39 is 0 Å². The summed E-state index contributed by atoms with van der Waals surface area (Å²) in [4.78, 5) is 17.2. The highest BCUT2D eigenvalue weighted by atomic mass is 35.5. The van der Waals surface area contributed by atoms with Crippen LogP contribution in [0.15, 0.2) is 0 Å². The van der Waals surface area contributed by atoms with E-state index in [2.05, 4.69) is 22.0 Å². The Kier molecular flexibility index (Phi) is 9.31. The van der Waals surface area contributed by atoms with Gasteiger partial charge < -0.3 is 15.0 Å². The van der Waals surface area contributed by atoms with Crippen molar-refractivity contribution in [3.63, 3.8) is 0 Å². The Morgan fingerprint density at radius 1 is 1.17 bits per heavy atom. The van der Waals surface area contributed by atoms with Crippen LogP contribution in [0, 0.1) is 5.92 Å². The molecule has 142 valence electrons. The number of nitrogens with one attached hydrogen (secondary N) is 1. The lowest BCUT2D eigenvalue weighted by molar-refractivity contribution is -0.135. The van der Waals surface area contributed by atoms with Crippen molar-refractivity contribution in [2.45, 2.75) is 57.2 Å². The molecule has 0 aromatic rings. The highest BCUT2D eigenvalue weighted by Crippen LogP contribution is 2.33. The molecule has 0 radical (unpaired) electrons. The van der Waals surface area contributed by atoms with E-state index in [9.17, 15) is 4.79 Å². The lowest BCUT2D eigenvalue weighted by atomic mass is 9.89. The first-order chi connectivity index (χ1) is 10.7. The Labute approximate surface area is 158 Å². The van der Waals surface area contributed by atoms with Crippen LogP contribution in [-0.4, -0.2) is 73.7 Å². The van der Waals surface area contributed by atoms with Crippen LogP contribution in [0.5, 0.6) is 0 Å². The van der Waals surface area contributed by atoms with E-state index in [0.29, 0.717) is 30.0 Å². The number of methoxy groups -OCH3 is 1. The van der Waals surface area contributed by atoms with Gasteiger partial charge in [0.15, 0.2) is 0 Å². The SMILES string of the molecule is COCCN1CCN(C(=O)CC2CC3CCC(C2)N3)CC1C.Cl.Cl. The van der Waals surface area contributed by atoms with Gasteiger partial charge in [0.25, 0.3) is 0 Å². The Morgan fingerprint density at radius 2 is 1.83 bits per heavy atom. The molecule has 0 saturated carbocycles. The summed E-state index contributed by atoms with van der Waals surface area (Å²) in [6, 6.07) is 1.81. The van der Waals surface area contributed by atoms with Crippen LogP contribution in [0.1, 0.15) is 39.0 Å². The van der Waals surface area contributed by atoms with Gasteiger partial charge >= 0.3 is 0 Å². The first kappa shape index (κ1) is 22.0. The summed E-state index contributed by atoms with van der Waals surface area (Å²) in [6.45, 7) is 6.70. The summed E-state index contributed by atoms with van der Waals surface area (Å²) in [5.74, 6) is 0.984. The van der Waals surface area contributed by atoms with Gasteiger partial charge in [-0.2, -0.15) is 0 Å². The Hall–Kier alpha value is -0.0700. The first-order valence-electron chi connectivity index (χ1n) is 8.92. The highest BCUT2D eigenvalue weighted by molar-refractivity contribution is 5.85. The average Bonchev–Trinajstić information content (AvgIpc) is 2.84. The van der Waals surface area contributed by atoms with Crippen molar-refractivity contribution in [3.05, 3.63) is 0 Å². The molecule has 0 aromatic carbocycles. The normalized spacial score (nSPS) is 32.8. The fourth-order valence-electron chi connectivity index (χ4n) is 4.48. The van der Waals surface area contributed by atoms with Gasteiger partial charge in [-0.1, -0.05) is 0 Å². The van der Waals surface area contributed by atoms with Crippen LogP contribution in [0.3, 0.4) is 0 Å². The van der Waals surface area contributed by atoms with Gasteiger partial charge in [0.2, 0.25) is 5.91 Å². The van der Waals surface area contributed by atoms with Gasteiger partial charge in [-0.3, -0.25) is 9.69 Å². The van der Waals surface area contributed by atoms with E-state index >= 15 is 0 Å². The number of amides is 1. The number of ether oxygens (including phenoxy) is 1. The zero-order valence-corrected chi connectivity index (χ0v) is 16.5. The molecule has 0 aromatic heterocycles. The number of nitrogens with zero attached hydrogens (tertiary/aromatic N) is 2. The van der Waals surface area contributed by atoms with Gasteiger partial charge in [0, 0.05) is 57.8 Å². The standard InChI is InChI=1S/C17H31N3O2.2ClH/c1-13-12-20(6-5-19(13)7-8-22-2)17(21)11-14-9-15-3-4-16(10-14)18-15;;/h13-16,18H,3-12H2,1-2H3;2*1H. The van der Waals surface area contributed by atoms with Crippen LogP contribution in [-0.2, 0) is 9.53 Å². The molecule has 3 rings (SSSR count). The van der Waals surface area contributed by atoms with Crippen LogP contribution in [0.4, 0.5) is 0 Å². The molecule has 0 aliphatic carbocycles. The van der Waals surface area contributed by atoms with Crippen molar-refractivity contribution < 1.29 is 9.53 Å². The lowest BCUT2D eigenvalue weighted by Crippen LogP contribution is -2.54. The van der Waals surface area contributed by atoms with E-state index in [1.54, 1.807) is 7.11 Å². The number of piperidine rings is 1. The van der Waals surface area contributed by atoms with Crippen molar-refractivity contribution in [1.82, 2.24) is 15.1 Å². The number of piperazine rings is 1. The van der Waals surface area contributed by atoms with Crippen molar-refractivity contribution in [2.75, 3.05) is 39.9 Å². The quantitative estimate of drug-likeness (QED) is 0.789. The van der Waals surface area contributed by atoms with Crippen molar-refractivity contribution in [3.8, 4) is 0 Å². The number of carbonyl (C=O) groups is 1. The molecule has 1 amide bonds. The largest absolute Gasteiger partial charge is 0.383 e. The monoisotopic (exact) mass is 381 g/mol. The topological polar surface area (TPSA) is 44.8 Å². The van der Waals surface area contributed by atoms with Crippen LogP contribution >= 0.6 is 24.8 Å². The van der Waals surface area contributed by atoms with E-state index in [-0.39, 0.29) is 24.8 Å². The van der Waals surface area contributed by atoms with Crippen molar-refractivity contribution >= 4 is 30.7 Å².